The number of nitrogens with two attached hydrogens (primary N) is 1. The Kier molecular flexibility index (Phi) is 4.04. The second-order valence-electron chi connectivity index (χ2n) is 5.79. The Morgan fingerprint density at radius 3 is 2.79 bits per heavy atom. The Bertz CT molecular complexity index is 415. The van der Waals surface area contributed by atoms with Gasteiger partial charge in [0.2, 0.25) is 0 Å². The van der Waals surface area contributed by atoms with Crippen LogP contribution in [0.25, 0.3) is 0 Å². The first-order chi connectivity index (χ1) is 9.38. The summed E-state index contributed by atoms with van der Waals surface area (Å²) in [5, 5.41) is 0. The maximum atomic E-state index is 5.76. The zero-order valence-corrected chi connectivity index (χ0v) is 11.6. The number of fused-ring (bicyclic) bond motifs is 1. The molecular weight excluding hydrogens is 236 g/mol. The molecule has 2 aliphatic rings. The lowest BCUT2D eigenvalue weighted by Gasteiger charge is -2.29. The van der Waals surface area contributed by atoms with E-state index in [2.05, 4.69) is 29.2 Å². The maximum Gasteiger partial charge on any atom is 0.0469 e. The third kappa shape index (κ3) is 2.77. The molecule has 104 valence electrons. The lowest BCUT2D eigenvalue weighted by molar-refractivity contribution is 0.0683. The van der Waals surface area contributed by atoms with Crippen molar-refractivity contribution in [2.24, 2.45) is 11.7 Å². The maximum absolute atomic E-state index is 5.76. The lowest BCUT2D eigenvalue weighted by Crippen LogP contribution is -2.32. The second kappa shape index (κ2) is 5.93. The summed E-state index contributed by atoms with van der Waals surface area (Å²) in [6.07, 6.45) is 3.52. The fourth-order valence-electron chi connectivity index (χ4n) is 3.44. The zero-order valence-electron chi connectivity index (χ0n) is 11.6. The SMILES string of the molecule is NCCC1CN(CC2CCOCC2)c2ccccc21. The minimum absolute atomic E-state index is 0.626. The van der Waals surface area contributed by atoms with E-state index in [9.17, 15) is 0 Å². The molecule has 3 rings (SSSR count). The Labute approximate surface area is 115 Å². The van der Waals surface area contributed by atoms with Crippen LogP contribution in [0, 0.1) is 5.92 Å². The van der Waals surface area contributed by atoms with Crippen molar-refractivity contribution in [1.29, 1.82) is 0 Å². The summed E-state index contributed by atoms with van der Waals surface area (Å²) in [4.78, 5) is 2.58. The van der Waals surface area contributed by atoms with Crippen molar-refractivity contribution >= 4 is 5.69 Å². The van der Waals surface area contributed by atoms with Crippen LogP contribution in [0.3, 0.4) is 0 Å². The summed E-state index contributed by atoms with van der Waals surface area (Å²) in [7, 11) is 0. The summed E-state index contributed by atoms with van der Waals surface area (Å²) < 4.78 is 5.46. The van der Waals surface area contributed by atoms with E-state index in [1.54, 1.807) is 0 Å². The molecule has 1 unspecified atom stereocenters. The molecule has 1 fully saturated rings. The van der Waals surface area contributed by atoms with E-state index >= 15 is 0 Å². The monoisotopic (exact) mass is 260 g/mol. The number of hydrogen-bond acceptors (Lipinski definition) is 3. The molecule has 2 aliphatic heterocycles. The van der Waals surface area contributed by atoms with Gasteiger partial charge in [-0.1, -0.05) is 18.2 Å². The quantitative estimate of drug-likeness (QED) is 0.903. The number of rotatable bonds is 4. The highest BCUT2D eigenvalue weighted by Gasteiger charge is 2.29. The van der Waals surface area contributed by atoms with Crippen LogP contribution in [0.1, 0.15) is 30.7 Å². The van der Waals surface area contributed by atoms with E-state index in [0.29, 0.717) is 5.92 Å². The highest BCUT2D eigenvalue weighted by atomic mass is 16.5. The molecule has 0 radical (unpaired) electrons. The molecule has 19 heavy (non-hydrogen) atoms. The highest BCUT2D eigenvalue weighted by Crippen LogP contribution is 2.38. The summed E-state index contributed by atoms with van der Waals surface area (Å²) in [5.74, 6) is 1.42. The molecule has 0 saturated carbocycles. The van der Waals surface area contributed by atoms with Crippen molar-refractivity contribution in [1.82, 2.24) is 0 Å². The molecule has 1 aromatic rings. The van der Waals surface area contributed by atoms with Gasteiger partial charge in [0.05, 0.1) is 0 Å². The van der Waals surface area contributed by atoms with Crippen LogP contribution in [0.4, 0.5) is 5.69 Å². The second-order valence-corrected chi connectivity index (χ2v) is 5.79. The minimum Gasteiger partial charge on any atom is -0.381 e. The zero-order chi connectivity index (χ0) is 13.1. The molecule has 0 bridgehead atoms. The molecular formula is C16H24N2O. The molecule has 2 N–H and O–H groups in total. The van der Waals surface area contributed by atoms with Gasteiger partial charge in [0, 0.05) is 37.9 Å². The van der Waals surface area contributed by atoms with E-state index in [1.807, 2.05) is 0 Å². The number of benzene rings is 1. The van der Waals surface area contributed by atoms with Crippen LogP contribution in [0.5, 0.6) is 0 Å². The van der Waals surface area contributed by atoms with Crippen molar-refractivity contribution in [3.8, 4) is 0 Å². The van der Waals surface area contributed by atoms with Crippen molar-refractivity contribution in [3.63, 3.8) is 0 Å². The van der Waals surface area contributed by atoms with Crippen molar-refractivity contribution < 1.29 is 4.74 Å². The number of ether oxygens (including phenoxy) is 1. The molecule has 2 heterocycles. The number of hydrogen-bond donors (Lipinski definition) is 1. The molecule has 3 heteroatoms. The first-order valence-corrected chi connectivity index (χ1v) is 7.50. The largest absolute Gasteiger partial charge is 0.381 e. The highest BCUT2D eigenvalue weighted by molar-refractivity contribution is 5.60. The average Bonchev–Trinajstić information content (AvgIpc) is 2.79. The summed E-state index contributed by atoms with van der Waals surface area (Å²) in [6, 6.07) is 8.85. The third-order valence-corrected chi connectivity index (χ3v) is 4.49. The Morgan fingerprint density at radius 2 is 2.00 bits per heavy atom. The first kappa shape index (κ1) is 12.9. The molecule has 1 atom stereocenters. The Hall–Kier alpha value is -1.06. The molecule has 0 aliphatic carbocycles. The fraction of sp³-hybridized carbons (Fsp3) is 0.625. The van der Waals surface area contributed by atoms with Gasteiger partial charge in [-0.2, -0.15) is 0 Å². The lowest BCUT2D eigenvalue weighted by atomic mass is 9.98. The Morgan fingerprint density at radius 1 is 1.21 bits per heavy atom. The smallest absolute Gasteiger partial charge is 0.0469 e. The van der Waals surface area contributed by atoms with Crippen LogP contribution in [0.15, 0.2) is 24.3 Å². The van der Waals surface area contributed by atoms with Gasteiger partial charge in [0.25, 0.3) is 0 Å². The number of nitrogens with zero attached hydrogens (tertiary/aromatic N) is 1. The number of anilines is 1. The predicted molar refractivity (Wildman–Crippen MR) is 78.6 cm³/mol. The van der Waals surface area contributed by atoms with Gasteiger partial charge in [0.1, 0.15) is 0 Å². The summed E-state index contributed by atoms with van der Waals surface area (Å²) in [6.45, 7) is 4.98. The van der Waals surface area contributed by atoms with Crippen LogP contribution in [-0.2, 0) is 4.74 Å². The fourth-order valence-corrected chi connectivity index (χ4v) is 3.44. The van der Waals surface area contributed by atoms with Gasteiger partial charge in [0.15, 0.2) is 0 Å². The minimum atomic E-state index is 0.626. The molecule has 1 aromatic carbocycles. The van der Waals surface area contributed by atoms with Crippen LogP contribution in [-0.4, -0.2) is 32.8 Å². The van der Waals surface area contributed by atoms with Gasteiger partial charge in [-0.25, -0.2) is 0 Å². The molecule has 3 nitrogen and oxygen atoms in total. The van der Waals surface area contributed by atoms with Crippen molar-refractivity contribution in [2.45, 2.75) is 25.2 Å². The van der Waals surface area contributed by atoms with Crippen molar-refractivity contribution in [2.75, 3.05) is 37.7 Å². The van der Waals surface area contributed by atoms with Crippen LogP contribution < -0.4 is 10.6 Å². The van der Waals surface area contributed by atoms with Crippen LogP contribution in [0.2, 0.25) is 0 Å². The van der Waals surface area contributed by atoms with Crippen molar-refractivity contribution in [3.05, 3.63) is 29.8 Å². The first-order valence-electron chi connectivity index (χ1n) is 7.50. The number of para-hydroxylation sites is 1. The molecule has 0 spiro atoms. The van der Waals surface area contributed by atoms with Crippen LogP contribution >= 0.6 is 0 Å². The topological polar surface area (TPSA) is 38.5 Å². The Balaban J connectivity index is 1.72. The average molecular weight is 260 g/mol. The van der Waals surface area contributed by atoms with Gasteiger partial charge >= 0.3 is 0 Å². The summed E-state index contributed by atoms with van der Waals surface area (Å²) >= 11 is 0. The van der Waals surface area contributed by atoms with E-state index < -0.39 is 0 Å². The van der Waals surface area contributed by atoms with E-state index in [-0.39, 0.29) is 0 Å². The summed E-state index contributed by atoms with van der Waals surface area (Å²) in [5.41, 5.74) is 8.70. The molecule has 1 saturated heterocycles. The van der Waals surface area contributed by atoms with E-state index in [4.69, 9.17) is 10.5 Å². The van der Waals surface area contributed by atoms with E-state index in [1.165, 1.54) is 30.6 Å². The normalized spacial score (nSPS) is 23.6. The van der Waals surface area contributed by atoms with Gasteiger partial charge in [-0.05, 0) is 43.4 Å². The van der Waals surface area contributed by atoms with Gasteiger partial charge in [-0.3, -0.25) is 0 Å². The molecule has 0 amide bonds. The van der Waals surface area contributed by atoms with E-state index in [0.717, 1.165) is 38.6 Å². The van der Waals surface area contributed by atoms with Gasteiger partial charge < -0.3 is 15.4 Å². The van der Waals surface area contributed by atoms with Gasteiger partial charge in [-0.15, -0.1) is 0 Å². The predicted octanol–water partition coefficient (Wildman–Crippen LogP) is 2.37. The third-order valence-electron chi connectivity index (χ3n) is 4.49. The molecule has 0 aromatic heterocycles. The standard InChI is InChI=1S/C16H24N2O/c17-8-5-14-12-18(11-13-6-9-19-10-7-13)16-4-2-1-3-15(14)16/h1-4,13-14H,5-12,17H2.